The van der Waals surface area contributed by atoms with Crippen molar-refractivity contribution in [2.45, 2.75) is 44.1 Å². The first-order chi connectivity index (χ1) is 8.53. The van der Waals surface area contributed by atoms with Gasteiger partial charge < -0.3 is 10.2 Å². The molecule has 2 N–H and O–H groups in total. The molecule has 0 radical (unpaired) electrons. The van der Waals surface area contributed by atoms with Crippen molar-refractivity contribution in [3.05, 3.63) is 35.9 Å². The van der Waals surface area contributed by atoms with Crippen LogP contribution < -0.4 is 0 Å². The molecule has 1 saturated carbocycles. The molecule has 2 rings (SSSR count). The Balaban J connectivity index is 2.33. The third-order valence-electron chi connectivity index (χ3n) is 3.93. The van der Waals surface area contributed by atoms with Crippen molar-refractivity contribution in [1.82, 2.24) is 0 Å². The first-order valence-corrected chi connectivity index (χ1v) is 6.53. The van der Waals surface area contributed by atoms with E-state index in [9.17, 15) is 15.0 Å². The van der Waals surface area contributed by atoms with Gasteiger partial charge in [-0.1, -0.05) is 50.1 Å². The van der Waals surface area contributed by atoms with Gasteiger partial charge in [-0.15, -0.1) is 0 Å². The van der Waals surface area contributed by atoms with Crippen molar-refractivity contribution >= 4 is 5.97 Å². The molecule has 0 aliphatic heterocycles. The van der Waals surface area contributed by atoms with E-state index >= 15 is 0 Å². The Kier molecular flexibility index (Phi) is 3.71. The highest BCUT2D eigenvalue weighted by molar-refractivity contribution is 5.77. The summed E-state index contributed by atoms with van der Waals surface area (Å²) in [6.07, 6.45) is 3.11. The highest BCUT2D eigenvalue weighted by Gasteiger charge is 2.44. The summed E-state index contributed by atoms with van der Waals surface area (Å²) in [4.78, 5) is 11.6. The quantitative estimate of drug-likeness (QED) is 0.864. The molecule has 1 fully saturated rings. The number of hydrogen-bond donors (Lipinski definition) is 2. The minimum absolute atomic E-state index is 0.384. The Morgan fingerprint density at radius 2 is 2.06 bits per heavy atom. The normalized spacial score (nSPS) is 29.8. The number of carboxylic acid groups (broad SMARTS) is 1. The third kappa shape index (κ3) is 2.56. The first-order valence-electron chi connectivity index (χ1n) is 6.53. The van der Waals surface area contributed by atoms with E-state index in [4.69, 9.17) is 0 Å². The van der Waals surface area contributed by atoms with Crippen LogP contribution in [0.4, 0.5) is 0 Å². The smallest absolute Gasteiger partial charge is 0.313 e. The minimum Gasteiger partial charge on any atom is -0.481 e. The van der Waals surface area contributed by atoms with E-state index in [1.54, 1.807) is 12.1 Å². The lowest BCUT2D eigenvalue weighted by atomic mass is 9.69. The zero-order valence-corrected chi connectivity index (χ0v) is 10.7. The molecular weight excluding hydrogens is 228 g/mol. The van der Waals surface area contributed by atoms with Crippen LogP contribution in [0.3, 0.4) is 0 Å². The van der Waals surface area contributed by atoms with Gasteiger partial charge >= 0.3 is 5.97 Å². The molecule has 1 aliphatic carbocycles. The molecule has 0 heterocycles. The van der Waals surface area contributed by atoms with E-state index in [0.29, 0.717) is 24.3 Å². The summed E-state index contributed by atoms with van der Waals surface area (Å²) in [5, 5.41) is 20.2. The lowest BCUT2D eigenvalue weighted by molar-refractivity contribution is -0.148. The Labute approximate surface area is 107 Å². The number of carbonyl (C=O) groups is 1. The van der Waals surface area contributed by atoms with Gasteiger partial charge in [0.1, 0.15) is 5.92 Å². The first kappa shape index (κ1) is 13.1. The molecular formula is C15H20O3. The maximum absolute atomic E-state index is 11.6. The Bertz CT molecular complexity index is 415. The molecule has 18 heavy (non-hydrogen) atoms. The molecule has 3 heteroatoms. The number of carboxylic acids is 1. The summed E-state index contributed by atoms with van der Waals surface area (Å²) in [6, 6.07) is 9.07. The van der Waals surface area contributed by atoms with Gasteiger partial charge in [0.15, 0.2) is 0 Å². The van der Waals surface area contributed by atoms with Crippen molar-refractivity contribution in [2.24, 2.45) is 5.92 Å². The van der Waals surface area contributed by atoms with Gasteiger partial charge in [-0.25, -0.2) is 0 Å². The lowest BCUT2D eigenvalue weighted by Crippen LogP contribution is -2.44. The lowest BCUT2D eigenvalue weighted by Gasteiger charge is -2.39. The van der Waals surface area contributed by atoms with Gasteiger partial charge in [0.05, 0.1) is 5.60 Å². The van der Waals surface area contributed by atoms with E-state index in [1.807, 2.05) is 18.2 Å². The molecule has 1 aromatic rings. The van der Waals surface area contributed by atoms with E-state index in [0.717, 1.165) is 12.8 Å². The zero-order chi connectivity index (χ0) is 13.2. The average Bonchev–Trinajstić information content (AvgIpc) is 2.29. The molecule has 0 unspecified atom stereocenters. The molecule has 98 valence electrons. The molecule has 1 aromatic carbocycles. The summed E-state index contributed by atoms with van der Waals surface area (Å²) in [6.45, 7) is 2.08. The average molecular weight is 248 g/mol. The van der Waals surface area contributed by atoms with Gasteiger partial charge in [0.2, 0.25) is 0 Å². The molecule has 1 aliphatic rings. The fraction of sp³-hybridized carbons (Fsp3) is 0.533. The van der Waals surface area contributed by atoms with Crippen molar-refractivity contribution < 1.29 is 15.0 Å². The van der Waals surface area contributed by atoms with Crippen LogP contribution in [-0.4, -0.2) is 21.8 Å². The molecule has 0 amide bonds. The molecule has 3 atom stereocenters. The van der Waals surface area contributed by atoms with Crippen molar-refractivity contribution in [1.29, 1.82) is 0 Å². The van der Waals surface area contributed by atoms with E-state index in [1.165, 1.54) is 0 Å². The number of hydrogen-bond acceptors (Lipinski definition) is 2. The third-order valence-corrected chi connectivity index (χ3v) is 3.93. The highest BCUT2D eigenvalue weighted by atomic mass is 16.4. The summed E-state index contributed by atoms with van der Waals surface area (Å²) >= 11 is 0. The summed E-state index contributed by atoms with van der Waals surface area (Å²) < 4.78 is 0. The van der Waals surface area contributed by atoms with Gasteiger partial charge in [-0.2, -0.15) is 0 Å². The standard InChI is InChI=1S/C15H20O3/c1-11-6-5-9-15(18,10-11)13(14(16)17)12-7-3-2-4-8-12/h2-4,7-8,11,13,18H,5-6,9-10H2,1H3,(H,16,17)/t11-,13+,15+/m1/s1. The summed E-state index contributed by atoms with van der Waals surface area (Å²) in [5.74, 6) is -1.37. The maximum atomic E-state index is 11.6. The largest absolute Gasteiger partial charge is 0.481 e. The van der Waals surface area contributed by atoms with Crippen LogP contribution >= 0.6 is 0 Å². The number of rotatable bonds is 3. The number of aliphatic carboxylic acids is 1. The Hall–Kier alpha value is -1.35. The number of benzene rings is 1. The number of aliphatic hydroxyl groups is 1. The van der Waals surface area contributed by atoms with Crippen molar-refractivity contribution in [3.63, 3.8) is 0 Å². The van der Waals surface area contributed by atoms with Gasteiger partial charge in [-0.3, -0.25) is 4.79 Å². The second-order valence-corrected chi connectivity index (χ2v) is 5.49. The monoisotopic (exact) mass is 248 g/mol. The van der Waals surface area contributed by atoms with Gasteiger partial charge in [0.25, 0.3) is 0 Å². The molecule has 0 saturated heterocycles. The second-order valence-electron chi connectivity index (χ2n) is 5.49. The van der Waals surface area contributed by atoms with Gasteiger partial charge in [0, 0.05) is 0 Å². The molecule has 3 nitrogen and oxygen atoms in total. The van der Waals surface area contributed by atoms with Crippen LogP contribution in [0.2, 0.25) is 0 Å². The minimum atomic E-state index is -1.11. The highest BCUT2D eigenvalue weighted by Crippen LogP contribution is 2.42. The SMILES string of the molecule is C[C@@H]1CCC[C@@](O)([C@H](C(=O)O)c2ccccc2)C1. The van der Waals surface area contributed by atoms with Crippen LogP contribution in [0.15, 0.2) is 30.3 Å². The zero-order valence-electron chi connectivity index (χ0n) is 10.7. The van der Waals surface area contributed by atoms with Crippen molar-refractivity contribution in [2.75, 3.05) is 0 Å². The maximum Gasteiger partial charge on any atom is 0.313 e. The van der Waals surface area contributed by atoms with Crippen LogP contribution in [0, 0.1) is 5.92 Å². The predicted octanol–water partition coefficient (Wildman–Crippen LogP) is 2.80. The Morgan fingerprint density at radius 3 is 2.61 bits per heavy atom. The Morgan fingerprint density at radius 1 is 1.39 bits per heavy atom. The van der Waals surface area contributed by atoms with Gasteiger partial charge in [-0.05, 0) is 24.3 Å². The van der Waals surface area contributed by atoms with Crippen LogP contribution in [0.5, 0.6) is 0 Å². The van der Waals surface area contributed by atoms with E-state index in [-0.39, 0.29) is 0 Å². The topological polar surface area (TPSA) is 57.5 Å². The fourth-order valence-electron chi connectivity index (χ4n) is 3.15. The van der Waals surface area contributed by atoms with E-state index < -0.39 is 17.5 Å². The second kappa shape index (κ2) is 5.11. The van der Waals surface area contributed by atoms with E-state index in [2.05, 4.69) is 6.92 Å². The van der Waals surface area contributed by atoms with Crippen LogP contribution in [0.25, 0.3) is 0 Å². The fourth-order valence-corrected chi connectivity index (χ4v) is 3.15. The molecule has 0 spiro atoms. The molecule has 0 bridgehead atoms. The van der Waals surface area contributed by atoms with Crippen molar-refractivity contribution in [3.8, 4) is 0 Å². The molecule has 0 aromatic heterocycles. The predicted molar refractivity (Wildman–Crippen MR) is 69.4 cm³/mol. The van der Waals surface area contributed by atoms with Crippen LogP contribution in [-0.2, 0) is 4.79 Å². The summed E-state index contributed by atoms with van der Waals surface area (Å²) in [7, 11) is 0. The summed E-state index contributed by atoms with van der Waals surface area (Å²) in [5.41, 5.74) is -0.410. The van der Waals surface area contributed by atoms with Crippen LogP contribution in [0.1, 0.15) is 44.1 Å².